The van der Waals surface area contributed by atoms with Crippen LogP contribution in [-0.2, 0) is 4.79 Å². The zero-order valence-corrected chi connectivity index (χ0v) is 17.6. The summed E-state index contributed by atoms with van der Waals surface area (Å²) in [6, 6.07) is 5.11. The molecule has 12 heteroatoms. The second kappa shape index (κ2) is 7.81. The number of aromatic amines is 1. The van der Waals surface area contributed by atoms with Gasteiger partial charge in [-0.05, 0) is 25.0 Å². The van der Waals surface area contributed by atoms with Crippen LogP contribution in [0.1, 0.15) is 30.9 Å². The lowest BCUT2D eigenvalue weighted by molar-refractivity contribution is -0.117. The Morgan fingerprint density at radius 2 is 2.15 bits per heavy atom. The zero-order chi connectivity index (χ0) is 22.4. The van der Waals surface area contributed by atoms with Crippen LogP contribution in [0.2, 0.25) is 0 Å². The van der Waals surface area contributed by atoms with Gasteiger partial charge in [0.05, 0.1) is 12.3 Å². The van der Waals surface area contributed by atoms with E-state index >= 15 is 0 Å². The Balaban J connectivity index is 1.30. The zero-order valence-electron chi connectivity index (χ0n) is 17.6. The minimum absolute atomic E-state index is 0.235. The Morgan fingerprint density at radius 1 is 1.24 bits per heavy atom. The molecular weight excluding hydrogens is 424 g/mol. The van der Waals surface area contributed by atoms with Gasteiger partial charge in [-0.1, -0.05) is 0 Å². The first-order chi connectivity index (χ1) is 16.1. The van der Waals surface area contributed by atoms with Gasteiger partial charge in [0.2, 0.25) is 11.9 Å². The largest absolute Gasteiger partial charge is 0.391 e. The SMILES string of the molecule is O=C(Nc1cnccn1)[C@@H]1C[C@H](O)CN1c1nc(Nc2cc(C3CC3)[nH]n2)c2cccn2n1. The van der Waals surface area contributed by atoms with Crippen molar-refractivity contribution in [3.8, 4) is 0 Å². The molecule has 4 N–H and O–H groups in total. The van der Waals surface area contributed by atoms with Crippen LogP contribution >= 0.6 is 0 Å². The highest BCUT2D eigenvalue weighted by Crippen LogP contribution is 2.39. The van der Waals surface area contributed by atoms with E-state index in [0.717, 1.165) is 11.2 Å². The first kappa shape index (κ1) is 19.6. The van der Waals surface area contributed by atoms with Crippen LogP contribution in [0.3, 0.4) is 0 Å². The van der Waals surface area contributed by atoms with Crippen molar-refractivity contribution in [3.05, 3.63) is 48.7 Å². The fourth-order valence-corrected chi connectivity index (χ4v) is 4.12. The average molecular weight is 446 g/mol. The molecule has 4 aromatic heterocycles. The second-order valence-corrected chi connectivity index (χ2v) is 8.34. The van der Waals surface area contributed by atoms with E-state index in [1.807, 2.05) is 24.4 Å². The van der Waals surface area contributed by atoms with Crippen LogP contribution in [0, 0.1) is 0 Å². The van der Waals surface area contributed by atoms with Crippen molar-refractivity contribution in [1.29, 1.82) is 0 Å². The molecule has 2 aliphatic rings. The fourth-order valence-electron chi connectivity index (χ4n) is 4.12. The van der Waals surface area contributed by atoms with Crippen LogP contribution in [0.5, 0.6) is 0 Å². The fraction of sp³-hybridized carbons (Fsp3) is 0.333. The molecule has 33 heavy (non-hydrogen) atoms. The molecule has 1 aliphatic heterocycles. The topological polar surface area (TPSA) is 149 Å². The lowest BCUT2D eigenvalue weighted by atomic mass is 10.2. The van der Waals surface area contributed by atoms with E-state index in [-0.39, 0.29) is 18.9 Å². The van der Waals surface area contributed by atoms with Crippen LogP contribution in [0.15, 0.2) is 43.0 Å². The molecular formula is C21H22N10O2. The van der Waals surface area contributed by atoms with E-state index in [9.17, 15) is 9.90 Å². The molecule has 5 heterocycles. The summed E-state index contributed by atoms with van der Waals surface area (Å²) in [5, 5.41) is 28.4. The quantitative estimate of drug-likeness (QED) is 0.345. The third kappa shape index (κ3) is 3.84. The molecule has 2 atom stereocenters. The molecule has 2 fully saturated rings. The number of β-amino-alcohol motifs (C(OH)–C–C–N with tert-alkyl or cyclic N) is 1. The molecule has 0 spiro atoms. The van der Waals surface area contributed by atoms with Crippen LogP contribution in [-0.4, -0.2) is 64.5 Å². The summed E-state index contributed by atoms with van der Waals surface area (Å²) in [6.45, 7) is 0.235. The number of H-pyrrole nitrogens is 1. The number of aliphatic hydroxyl groups excluding tert-OH is 1. The Kier molecular flexibility index (Phi) is 4.64. The Bertz CT molecular complexity index is 1300. The second-order valence-electron chi connectivity index (χ2n) is 8.34. The summed E-state index contributed by atoms with van der Waals surface area (Å²) in [7, 11) is 0. The maximum absolute atomic E-state index is 13.0. The standard InChI is InChI=1S/C21H22N10O2/c32-13-8-16(20(33)25-18-10-22-5-6-23-18)30(11-13)21-26-19(15-2-1-7-31(15)29-21)24-17-9-14(27-28-17)12-3-4-12/h1-2,5-7,9-10,12-13,16,32H,3-4,8,11H2,(H,23,25,33)(H2,24,26,27,28,29)/t13-,16-/m0/s1. The third-order valence-electron chi connectivity index (χ3n) is 5.89. The van der Waals surface area contributed by atoms with Crippen molar-refractivity contribution >= 4 is 34.8 Å². The van der Waals surface area contributed by atoms with Crippen LogP contribution in [0.25, 0.3) is 5.52 Å². The molecule has 0 unspecified atom stereocenters. The van der Waals surface area contributed by atoms with Crippen molar-refractivity contribution in [2.45, 2.75) is 37.3 Å². The smallest absolute Gasteiger partial charge is 0.248 e. The molecule has 6 rings (SSSR count). The molecule has 1 saturated heterocycles. The van der Waals surface area contributed by atoms with E-state index in [1.165, 1.54) is 31.4 Å². The Morgan fingerprint density at radius 3 is 2.97 bits per heavy atom. The highest BCUT2D eigenvalue weighted by molar-refractivity contribution is 5.96. The van der Waals surface area contributed by atoms with Gasteiger partial charge in [0, 0.05) is 49.2 Å². The molecule has 1 saturated carbocycles. The number of nitrogens with one attached hydrogen (secondary N) is 3. The van der Waals surface area contributed by atoms with Crippen molar-refractivity contribution in [3.63, 3.8) is 0 Å². The number of carbonyl (C=O) groups is 1. The number of fused-ring (bicyclic) bond motifs is 1. The summed E-state index contributed by atoms with van der Waals surface area (Å²) in [5.41, 5.74) is 1.89. The van der Waals surface area contributed by atoms with Crippen molar-refractivity contribution < 1.29 is 9.90 Å². The molecule has 1 amide bonds. The average Bonchev–Trinajstić information content (AvgIpc) is 3.20. The normalized spacial score (nSPS) is 20.3. The van der Waals surface area contributed by atoms with Gasteiger partial charge < -0.3 is 20.6 Å². The summed E-state index contributed by atoms with van der Waals surface area (Å²) >= 11 is 0. The summed E-state index contributed by atoms with van der Waals surface area (Å²) in [6.07, 6.45) is 8.24. The molecule has 4 aromatic rings. The molecule has 0 aromatic carbocycles. The van der Waals surface area contributed by atoms with Crippen molar-refractivity contribution in [1.82, 2.24) is 34.8 Å². The number of carbonyl (C=O) groups excluding carboxylic acids is 1. The van der Waals surface area contributed by atoms with Crippen LogP contribution in [0.4, 0.5) is 23.4 Å². The van der Waals surface area contributed by atoms with Gasteiger partial charge in [0.25, 0.3) is 0 Å². The Hall–Kier alpha value is -4.06. The van der Waals surface area contributed by atoms with Gasteiger partial charge in [0.15, 0.2) is 17.5 Å². The van der Waals surface area contributed by atoms with Gasteiger partial charge in [-0.25, -0.2) is 9.50 Å². The predicted octanol–water partition coefficient (Wildman–Crippen LogP) is 1.44. The first-order valence-electron chi connectivity index (χ1n) is 10.8. The molecule has 12 nitrogen and oxygen atoms in total. The summed E-state index contributed by atoms with van der Waals surface area (Å²) in [5.74, 6) is 2.16. The van der Waals surface area contributed by atoms with E-state index in [4.69, 9.17) is 4.98 Å². The molecule has 168 valence electrons. The minimum atomic E-state index is -0.685. The lowest BCUT2D eigenvalue weighted by Gasteiger charge is -2.24. The van der Waals surface area contributed by atoms with Gasteiger partial charge >= 0.3 is 0 Å². The highest BCUT2D eigenvalue weighted by atomic mass is 16.3. The van der Waals surface area contributed by atoms with Gasteiger partial charge in [-0.2, -0.15) is 10.1 Å². The lowest BCUT2D eigenvalue weighted by Crippen LogP contribution is -2.41. The minimum Gasteiger partial charge on any atom is -0.391 e. The number of amides is 1. The number of aromatic nitrogens is 7. The van der Waals surface area contributed by atoms with E-state index in [0.29, 0.717) is 29.3 Å². The van der Waals surface area contributed by atoms with E-state index < -0.39 is 12.1 Å². The number of aliphatic hydroxyl groups is 1. The predicted molar refractivity (Wildman–Crippen MR) is 119 cm³/mol. The molecule has 0 radical (unpaired) electrons. The van der Waals surface area contributed by atoms with Crippen LogP contribution < -0.4 is 15.5 Å². The van der Waals surface area contributed by atoms with Gasteiger partial charge in [0.1, 0.15) is 11.6 Å². The molecule has 1 aliphatic carbocycles. The summed E-state index contributed by atoms with van der Waals surface area (Å²) in [4.78, 5) is 27.5. The number of rotatable bonds is 6. The number of hydrogen-bond donors (Lipinski definition) is 4. The third-order valence-corrected chi connectivity index (χ3v) is 5.89. The van der Waals surface area contributed by atoms with Crippen molar-refractivity contribution in [2.75, 3.05) is 22.1 Å². The number of anilines is 4. The summed E-state index contributed by atoms with van der Waals surface area (Å²) < 4.78 is 1.70. The Labute approximate surface area is 188 Å². The molecule has 0 bridgehead atoms. The first-order valence-corrected chi connectivity index (χ1v) is 10.8. The van der Waals surface area contributed by atoms with Gasteiger partial charge in [-0.3, -0.25) is 14.9 Å². The van der Waals surface area contributed by atoms with E-state index in [2.05, 4.69) is 35.9 Å². The number of hydrogen-bond acceptors (Lipinski definition) is 9. The van der Waals surface area contributed by atoms with Gasteiger partial charge in [-0.15, -0.1) is 5.10 Å². The van der Waals surface area contributed by atoms with E-state index in [1.54, 1.807) is 9.42 Å². The maximum atomic E-state index is 13.0. The van der Waals surface area contributed by atoms with Crippen molar-refractivity contribution in [2.24, 2.45) is 0 Å². The number of nitrogens with zero attached hydrogens (tertiary/aromatic N) is 7. The maximum Gasteiger partial charge on any atom is 0.248 e. The monoisotopic (exact) mass is 446 g/mol. The highest BCUT2D eigenvalue weighted by Gasteiger charge is 2.38.